The highest BCUT2D eigenvalue weighted by molar-refractivity contribution is 7.80. The topological polar surface area (TPSA) is 71.9 Å². The lowest BCUT2D eigenvalue weighted by Gasteiger charge is -2.12. The Hall–Kier alpha value is -3.13. The largest absolute Gasteiger partial charge is 0.490 e. The number of benzene rings is 3. The first-order valence-corrected chi connectivity index (χ1v) is 11.1. The van der Waals surface area contributed by atoms with E-state index >= 15 is 0 Å². The lowest BCUT2D eigenvalue weighted by molar-refractivity contribution is 0.0728. The highest BCUT2D eigenvalue weighted by atomic mass is 35.5. The molecule has 0 bridgehead atoms. The number of hydrogen-bond acceptors (Lipinski definition) is 5. The number of ether oxygens (including phenoxy) is 2. The minimum absolute atomic E-state index is 0.202. The number of anilines is 1. The van der Waals surface area contributed by atoms with Gasteiger partial charge in [0, 0.05) is 10.7 Å². The molecular formula is C24H21Cl2N3O3S. The number of hydrazone groups is 1. The van der Waals surface area contributed by atoms with E-state index in [0.717, 1.165) is 11.3 Å². The van der Waals surface area contributed by atoms with Crippen LogP contribution >= 0.6 is 35.4 Å². The molecule has 0 aliphatic rings. The minimum atomic E-state index is -0.617. The Kier molecular flexibility index (Phi) is 8.65. The molecule has 0 aromatic heterocycles. The number of nitrogens with one attached hydrogen (secondary N) is 2. The van der Waals surface area contributed by atoms with Crippen LogP contribution in [0.2, 0.25) is 10.0 Å². The second kappa shape index (κ2) is 11.7. The van der Waals surface area contributed by atoms with Crippen molar-refractivity contribution < 1.29 is 14.3 Å². The molecule has 0 aliphatic carbocycles. The Morgan fingerprint density at radius 1 is 1.09 bits per heavy atom. The molecule has 3 aromatic rings. The lowest BCUT2D eigenvalue weighted by Crippen LogP contribution is -2.23. The quantitative estimate of drug-likeness (QED) is 0.131. The first-order valence-electron chi connectivity index (χ1n) is 9.96. The number of aryl methyl sites for hydroxylation is 1. The SMILES string of the molecule is CCOc1cc(/C=N/NC(=S)Nc2cccc(C)c2)ccc1OC(=O)c1ccc(Cl)cc1Cl. The van der Waals surface area contributed by atoms with E-state index in [-0.39, 0.29) is 16.3 Å². The first-order chi connectivity index (χ1) is 15.9. The van der Waals surface area contributed by atoms with Crippen molar-refractivity contribution in [3.05, 3.63) is 87.4 Å². The molecule has 0 spiro atoms. The molecule has 170 valence electrons. The van der Waals surface area contributed by atoms with Gasteiger partial charge < -0.3 is 14.8 Å². The van der Waals surface area contributed by atoms with Crippen LogP contribution in [0.5, 0.6) is 11.5 Å². The van der Waals surface area contributed by atoms with Gasteiger partial charge >= 0.3 is 5.97 Å². The summed E-state index contributed by atoms with van der Waals surface area (Å²) in [7, 11) is 0. The fourth-order valence-corrected chi connectivity index (χ4v) is 3.47. The first kappa shape index (κ1) is 24.5. The van der Waals surface area contributed by atoms with Crippen LogP contribution in [0, 0.1) is 6.92 Å². The fraction of sp³-hybridized carbons (Fsp3) is 0.125. The van der Waals surface area contributed by atoms with E-state index in [2.05, 4.69) is 15.8 Å². The third-order valence-corrected chi connectivity index (χ3v) is 5.02. The summed E-state index contributed by atoms with van der Waals surface area (Å²) < 4.78 is 11.1. The summed E-state index contributed by atoms with van der Waals surface area (Å²) in [5.74, 6) is 0.0308. The van der Waals surface area contributed by atoms with Crippen molar-refractivity contribution in [1.29, 1.82) is 0 Å². The number of carbonyl (C=O) groups excluding carboxylic acids is 1. The van der Waals surface area contributed by atoms with Gasteiger partial charge in [-0.15, -0.1) is 0 Å². The van der Waals surface area contributed by atoms with E-state index in [1.165, 1.54) is 12.1 Å². The van der Waals surface area contributed by atoms with Crippen LogP contribution in [0.25, 0.3) is 0 Å². The molecule has 0 aliphatic heterocycles. The molecule has 0 unspecified atom stereocenters. The molecule has 0 atom stereocenters. The number of thiocarbonyl (C=S) groups is 1. The van der Waals surface area contributed by atoms with E-state index in [9.17, 15) is 4.79 Å². The Morgan fingerprint density at radius 2 is 1.91 bits per heavy atom. The van der Waals surface area contributed by atoms with Gasteiger partial charge in [0.1, 0.15) is 0 Å². The van der Waals surface area contributed by atoms with Crippen LogP contribution < -0.4 is 20.2 Å². The third-order valence-electron chi connectivity index (χ3n) is 4.28. The predicted octanol–water partition coefficient (Wildman–Crippen LogP) is 6.24. The van der Waals surface area contributed by atoms with Crippen molar-refractivity contribution in [3.8, 4) is 11.5 Å². The van der Waals surface area contributed by atoms with Gasteiger partial charge in [0.15, 0.2) is 16.6 Å². The summed E-state index contributed by atoms with van der Waals surface area (Å²) in [6.45, 7) is 4.22. The van der Waals surface area contributed by atoms with Gasteiger partial charge in [-0.3, -0.25) is 5.43 Å². The highest BCUT2D eigenvalue weighted by Gasteiger charge is 2.16. The Bertz CT molecular complexity index is 1200. The van der Waals surface area contributed by atoms with Crippen LogP contribution in [0.15, 0.2) is 65.8 Å². The molecule has 0 amide bonds. The maximum absolute atomic E-state index is 12.5. The Morgan fingerprint density at radius 3 is 2.64 bits per heavy atom. The van der Waals surface area contributed by atoms with Gasteiger partial charge in [0.25, 0.3) is 0 Å². The second-order valence-corrected chi connectivity index (χ2v) is 8.10. The number of hydrogen-bond donors (Lipinski definition) is 2. The number of halogens is 2. The zero-order valence-electron chi connectivity index (χ0n) is 17.9. The van der Waals surface area contributed by atoms with E-state index in [4.69, 9.17) is 44.9 Å². The third kappa shape index (κ3) is 7.18. The molecule has 0 saturated heterocycles. The normalized spacial score (nSPS) is 10.7. The summed E-state index contributed by atoms with van der Waals surface area (Å²) in [5.41, 5.74) is 5.67. The second-order valence-electron chi connectivity index (χ2n) is 6.85. The summed E-state index contributed by atoms with van der Waals surface area (Å²) in [5, 5.41) is 8.19. The minimum Gasteiger partial charge on any atom is -0.490 e. The molecule has 2 N–H and O–H groups in total. The predicted molar refractivity (Wildman–Crippen MR) is 137 cm³/mol. The lowest BCUT2D eigenvalue weighted by atomic mass is 10.2. The smallest absolute Gasteiger partial charge is 0.345 e. The zero-order valence-corrected chi connectivity index (χ0v) is 20.2. The summed E-state index contributed by atoms with van der Waals surface area (Å²) in [6.07, 6.45) is 1.58. The van der Waals surface area contributed by atoms with E-state index in [1.54, 1.807) is 30.5 Å². The molecule has 3 rings (SSSR count). The standard InChI is InChI=1S/C24H21Cl2N3O3S/c1-3-31-22-12-16(14-27-29-24(33)28-18-6-4-5-15(2)11-18)7-10-21(22)32-23(30)19-9-8-17(25)13-20(19)26/h4-14H,3H2,1-2H3,(H2,28,29,33)/b27-14+. The Balaban J connectivity index is 1.67. The number of carbonyl (C=O) groups is 1. The summed E-state index contributed by atoms with van der Waals surface area (Å²) >= 11 is 17.2. The van der Waals surface area contributed by atoms with E-state index < -0.39 is 5.97 Å². The van der Waals surface area contributed by atoms with Crippen LogP contribution in [0.4, 0.5) is 5.69 Å². The van der Waals surface area contributed by atoms with Gasteiger partial charge in [-0.1, -0.05) is 35.3 Å². The van der Waals surface area contributed by atoms with Gasteiger partial charge in [0.2, 0.25) is 0 Å². The summed E-state index contributed by atoms with van der Waals surface area (Å²) in [6, 6.07) is 17.4. The molecule has 0 heterocycles. The molecule has 3 aromatic carbocycles. The van der Waals surface area contributed by atoms with Crippen molar-refractivity contribution in [2.75, 3.05) is 11.9 Å². The number of nitrogens with zero attached hydrogens (tertiary/aromatic N) is 1. The monoisotopic (exact) mass is 501 g/mol. The van der Waals surface area contributed by atoms with Gasteiger partial charge in [-0.25, -0.2) is 4.79 Å². The van der Waals surface area contributed by atoms with Gasteiger partial charge in [-0.05, 0) is 85.7 Å². The molecule has 0 fully saturated rings. The number of rotatable bonds is 7. The molecule has 33 heavy (non-hydrogen) atoms. The average Bonchev–Trinajstić information content (AvgIpc) is 2.75. The molecule has 0 saturated carbocycles. The molecular weight excluding hydrogens is 481 g/mol. The van der Waals surface area contributed by atoms with Gasteiger partial charge in [-0.2, -0.15) is 5.10 Å². The fourth-order valence-electron chi connectivity index (χ4n) is 2.81. The van der Waals surface area contributed by atoms with E-state index in [1.807, 2.05) is 38.1 Å². The van der Waals surface area contributed by atoms with Crippen molar-refractivity contribution in [2.45, 2.75) is 13.8 Å². The molecule has 9 heteroatoms. The van der Waals surface area contributed by atoms with Crippen LogP contribution in [0.3, 0.4) is 0 Å². The van der Waals surface area contributed by atoms with Crippen molar-refractivity contribution in [3.63, 3.8) is 0 Å². The van der Waals surface area contributed by atoms with Crippen LogP contribution in [0.1, 0.15) is 28.4 Å². The maximum Gasteiger partial charge on any atom is 0.345 e. The highest BCUT2D eigenvalue weighted by Crippen LogP contribution is 2.30. The zero-order chi connectivity index (χ0) is 23.8. The van der Waals surface area contributed by atoms with Crippen LogP contribution in [-0.4, -0.2) is 23.9 Å². The molecule has 6 nitrogen and oxygen atoms in total. The molecule has 0 radical (unpaired) electrons. The van der Waals surface area contributed by atoms with Crippen molar-refractivity contribution >= 4 is 58.4 Å². The van der Waals surface area contributed by atoms with Crippen LogP contribution in [-0.2, 0) is 0 Å². The number of esters is 1. The van der Waals surface area contributed by atoms with Crippen molar-refractivity contribution in [1.82, 2.24) is 5.43 Å². The van der Waals surface area contributed by atoms with Gasteiger partial charge in [0.05, 0.1) is 23.4 Å². The summed E-state index contributed by atoms with van der Waals surface area (Å²) in [4.78, 5) is 12.5. The maximum atomic E-state index is 12.5. The Labute approximate surface area is 207 Å². The van der Waals surface area contributed by atoms with Crippen molar-refractivity contribution in [2.24, 2.45) is 5.10 Å². The average molecular weight is 502 g/mol. The van der Waals surface area contributed by atoms with E-state index in [0.29, 0.717) is 28.1 Å².